The summed E-state index contributed by atoms with van der Waals surface area (Å²) in [6.45, 7) is 4.27. The van der Waals surface area contributed by atoms with Gasteiger partial charge in [-0.05, 0) is 57.7 Å². The van der Waals surface area contributed by atoms with Crippen LogP contribution < -0.4 is 5.32 Å². The second-order valence-electron chi connectivity index (χ2n) is 6.66. The third kappa shape index (κ3) is 4.22. The Morgan fingerprint density at radius 2 is 2.04 bits per heavy atom. The number of likely N-dealkylation sites (tertiary alicyclic amines) is 1. The van der Waals surface area contributed by atoms with Crippen LogP contribution in [0.15, 0.2) is 0 Å². The van der Waals surface area contributed by atoms with Crippen molar-refractivity contribution in [1.82, 2.24) is 4.90 Å². The number of aliphatic hydroxyl groups excluding tert-OH is 1. The lowest BCUT2D eigenvalue weighted by molar-refractivity contribution is -0.117. The molecule has 138 valence electrons. The molecular weight excluding hydrogens is 340 g/mol. The molecule has 1 saturated heterocycles. The van der Waals surface area contributed by atoms with Crippen molar-refractivity contribution in [2.75, 3.05) is 31.6 Å². The number of ether oxygens (including phenoxy) is 1. The molecule has 1 atom stereocenters. The first-order valence-corrected chi connectivity index (χ1v) is 9.94. The van der Waals surface area contributed by atoms with Crippen molar-refractivity contribution in [1.29, 1.82) is 0 Å². The molecule has 6 nitrogen and oxygen atoms in total. The molecule has 3 rings (SSSR count). The standard InChI is InChI=1S/C18H26N2O4S/c1-2-24-18(23)15-12-7-6-8-13(21)16(12)25-17(15)19-14(22)11-20-9-4-3-5-10-20/h13,21H,2-11H2,1H3,(H,19,22)/t13-/m1/s1. The first kappa shape index (κ1) is 18.4. The van der Waals surface area contributed by atoms with E-state index in [2.05, 4.69) is 10.2 Å². The monoisotopic (exact) mass is 366 g/mol. The summed E-state index contributed by atoms with van der Waals surface area (Å²) in [5.41, 5.74) is 1.28. The highest BCUT2D eigenvalue weighted by molar-refractivity contribution is 7.17. The fourth-order valence-electron chi connectivity index (χ4n) is 3.60. The zero-order valence-corrected chi connectivity index (χ0v) is 15.5. The van der Waals surface area contributed by atoms with Gasteiger partial charge in [-0.3, -0.25) is 9.69 Å². The van der Waals surface area contributed by atoms with Gasteiger partial charge < -0.3 is 15.2 Å². The molecule has 1 aromatic rings. The Hall–Kier alpha value is -1.44. The lowest BCUT2D eigenvalue weighted by atomic mass is 9.93. The van der Waals surface area contributed by atoms with E-state index in [1.54, 1.807) is 6.92 Å². The van der Waals surface area contributed by atoms with Crippen LogP contribution in [0.1, 0.15) is 65.9 Å². The van der Waals surface area contributed by atoms with Crippen molar-refractivity contribution in [2.45, 2.75) is 51.6 Å². The number of nitrogens with zero attached hydrogens (tertiary/aromatic N) is 1. The number of carbonyl (C=O) groups is 2. The number of nitrogens with one attached hydrogen (secondary N) is 1. The Kier molecular flexibility index (Phi) is 6.09. The molecule has 1 aliphatic carbocycles. The zero-order valence-electron chi connectivity index (χ0n) is 14.7. The molecule has 1 fully saturated rings. The fourth-order valence-corrected chi connectivity index (χ4v) is 4.87. The Labute approximate surface area is 152 Å². The SMILES string of the molecule is CCOC(=O)c1c(NC(=O)CN2CCCCC2)sc2c1CCC[C@H]2O. The average molecular weight is 366 g/mol. The Balaban J connectivity index is 1.79. The van der Waals surface area contributed by atoms with Gasteiger partial charge in [0.25, 0.3) is 0 Å². The van der Waals surface area contributed by atoms with E-state index in [9.17, 15) is 14.7 Å². The highest BCUT2D eigenvalue weighted by Crippen LogP contribution is 2.42. The summed E-state index contributed by atoms with van der Waals surface area (Å²) in [5.74, 6) is -0.525. The van der Waals surface area contributed by atoms with Gasteiger partial charge >= 0.3 is 5.97 Å². The summed E-state index contributed by atoms with van der Waals surface area (Å²) in [6.07, 6.45) is 5.17. The Morgan fingerprint density at radius 3 is 2.76 bits per heavy atom. The van der Waals surface area contributed by atoms with Crippen LogP contribution in [0.3, 0.4) is 0 Å². The Bertz CT molecular complexity index is 637. The lowest BCUT2D eigenvalue weighted by Gasteiger charge is -2.25. The number of amides is 1. The normalized spacial score (nSPS) is 20.8. The molecule has 2 N–H and O–H groups in total. The van der Waals surface area contributed by atoms with Crippen molar-refractivity contribution in [3.05, 3.63) is 16.0 Å². The number of anilines is 1. The number of aliphatic hydroxyl groups is 1. The highest BCUT2D eigenvalue weighted by Gasteiger charge is 2.31. The molecule has 0 aromatic carbocycles. The van der Waals surface area contributed by atoms with Crippen LogP contribution in [0.4, 0.5) is 5.00 Å². The van der Waals surface area contributed by atoms with E-state index in [-0.39, 0.29) is 12.5 Å². The molecule has 0 spiro atoms. The molecule has 1 aliphatic heterocycles. The summed E-state index contributed by atoms with van der Waals surface area (Å²) >= 11 is 1.31. The fraction of sp³-hybridized carbons (Fsp3) is 0.667. The van der Waals surface area contributed by atoms with Gasteiger partial charge in [0.1, 0.15) is 5.00 Å². The number of carbonyl (C=O) groups excluding carboxylic acids is 2. The van der Waals surface area contributed by atoms with E-state index in [0.717, 1.165) is 49.2 Å². The molecular formula is C18H26N2O4S. The smallest absolute Gasteiger partial charge is 0.341 e. The van der Waals surface area contributed by atoms with Gasteiger partial charge in [-0.1, -0.05) is 6.42 Å². The first-order chi connectivity index (χ1) is 12.1. The van der Waals surface area contributed by atoms with Crippen LogP contribution in [0.5, 0.6) is 0 Å². The number of rotatable bonds is 5. The maximum absolute atomic E-state index is 12.4. The van der Waals surface area contributed by atoms with E-state index < -0.39 is 12.1 Å². The minimum Gasteiger partial charge on any atom is -0.462 e. The van der Waals surface area contributed by atoms with Gasteiger partial charge in [0, 0.05) is 4.88 Å². The molecule has 2 aliphatic rings. The van der Waals surface area contributed by atoms with Gasteiger partial charge in [-0.2, -0.15) is 0 Å². The number of thiophene rings is 1. The van der Waals surface area contributed by atoms with E-state index in [0.29, 0.717) is 23.5 Å². The second kappa shape index (κ2) is 8.29. The van der Waals surface area contributed by atoms with E-state index in [4.69, 9.17) is 4.74 Å². The molecule has 0 radical (unpaired) electrons. The molecule has 25 heavy (non-hydrogen) atoms. The van der Waals surface area contributed by atoms with Crippen LogP contribution in [-0.4, -0.2) is 48.1 Å². The topological polar surface area (TPSA) is 78.9 Å². The summed E-state index contributed by atoms with van der Waals surface area (Å²) in [4.78, 5) is 27.8. The minimum absolute atomic E-state index is 0.111. The summed E-state index contributed by atoms with van der Waals surface area (Å²) in [6, 6.07) is 0. The highest BCUT2D eigenvalue weighted by atomic mass is 32.1. The van der Waals surface area contributed by atoms with Gasteiger partial charge in [0.05, 0.1) is 24.8 Å². The van der Waals surface area contributed by atoms with Crippen molar-refractivity contribution in [3.63, 3.8) is 0 Å². The summed E-state index contributed by atoms with van der Waals surface area (Å²) in [7, 11) is 0. The maximum atomic E-state index is 12.4. The molecule has 1 aromatic heterocycles. The van der Waals surface area contributed by atoms with E-state index >= 15 is 0 Å². The average Bonchev–Trinajstić information content (AvgIpc) is 2.95. The molecule has 0 bridgehead atoms. The quantitative estimate of drug-likeness (QED) is 0.784. The third-order valence-electron chi connectivity index (χ3n) is 4.79. The molecule has 0 unspecified atom stereocenters. The number of piperidine rings is 1. The first-order valence-electron chi connectivity index (χ1n) is 9.13. The maximum Gasteiger partial charge on any atom is 0.341 e. The molecule has 2 heterocycles. The molecule has 7 heteroatoms. The zero-order chi connectivity index (χ0) is 17.8. The number of hydrogen-bond donors (Lipinski definition) is 2. The van der Waals surface area contributed by atoms with Crippen molar-refractivity contribution in [3.8, 4) is 0 Å². The van der Waals surface area contributed by atoms with Crippen LogP contribution >= 0.6 is 11.3 Å². The Morgan fingerprint density at radius 1 is 1.28 bits per heavy atom. The minimum atomic E-state index is -0.560. The van der Waals surface area contributed by atoms with E-state index in [1.807, 2.05) is 0 Å². The third-order valence-corrected chi connectivity index (χ3v) is 6.04. The van der Waals surface area contributed by atoms with Crippen molar-refractivity contribution >= 4 is 28.2 Å². The van der Waals surface area contributed by atoms with Crippen molar-refractivity contribution < 1.29 is 19.4 Å². The summed E-state index contributed by atoms with van der Waals surface area (Å²) < 4.78 is 5.18. The van der Waals surface area contributed by atoms with Crippen LogP contribution in [0, 0.1) is 0 Å². The molecule has 0 saturated carbocycles. The van der Waals surface area contributed by atoms with E-state index in [1.165, 1.54) is 17.8 Å². The van der Waals surface area contributed by atoms with Gasteiger partial charge in [-0.25, -0.2) is 4.79 Å². The van der Waals surface area contributed by atoms with Gasteiger partial charge in [0.2, 0.25) is 5.91 Å². The lowest BCUT2D eigenvalue weighted by Crippen LogP contribution is -2.36. The molecule has 1 amide bonds. The van der Waals surface area contributed by atoms with Crippen LogP contribution in [0.25, 0.3) is 0 Å². The van der Waals surface area contributed by atoms with Gasteiger partial charge in [0.15, 0.2) is 0 Å². The van der Waals surface area contributed by atoms with Gasteiger partial charge in [-0.15, -0.1) is 11.3 Å². The second-order valence-corrected chi connectivity index (χ2v) is 7.71. The predicted molar refractivity (Wildman–Crippen MR) is 97.1 cm³/mol. The van der Waals surface area contributed by atoms with Crippen LogP contribution in [0.2, 0.25) is 0 Å². The van der Waals surface area contributed by atoms with Crippen molar-refractivity contribution in [2.24, 2.45) is 0 Å². The summed E-state index contributed by atoms with van der Waals surface area (Å²) in [5, 5.41) is 13.7. The number of fused-ring (bicyclic) bond motifs is 1. The number of hydrogen-bond acceptors (Lipinski definition) is 6. The number of esters is 1. The predicted octanol–water partition coefficient (Wildman–Crippen LogP) is 2.72. The van der Waals surface area contributed by atoms with Crippen LogP contribution in [-0.2, 0) is 16.0 Å². The largest absolute Gasteiger partial charge is 0.462 e.